The van der Waals surface area contributed by atoms with Gasteiger partial charge < -0.3 is 15.0 Å². The number of ether oxygens (including phenoxy) is 1. The standard InChI is InChI=1S/C38H32ClN7O6S2/c1-23-15-16-26(54(50,51)44-28-12-6-5-11-27(28)39)19-29(23)43-36(48)34(38(49)45-18-17-25-10-4-7-13-30(25)45)46-22-42-33-35(46)40-21-41-37(33)53-20-32(47)52-31-14-8-3-9-24(31)2/h3-16,19,21-22,34,44H,17-18,20H2,1-2H3,(H,43,48). The number of sulfonamides is 1. The highest BCUT2D eigenvalue weighted by molar-refractivity contribution is 8.00. The average Bonchev–Trinajstić information content (AvgIpc) is 3.79. The number of para-hydroxylation sites is 3. The lowest BCUT2D eigenvalue weighted by Gasteiger charge is -2.25. The van der Waals surface area contributed by atoms with Crippen molar-refractivity contribution in [3.8, 4) is 5.75 Å². The van der Waals surface area contributed by atoms with Crippen LogP contribution < -0.4 is 19.7 Å². The maximum Gasteiger partial charge on any atom is 0.321 e. The molecule has 1 aliphatic heterocycles. The van der Waals surface area contributed by atoms with Crippen molar-refractivity contribution in [3.63, 3.8) is 0 Å². The molecule has 2 aromatic heterocycles. The number of halogens is 1. The summed E-state index contributed by atoms with van der Waals surface area (Å²) >= 11 is 7.28. The van der Waals surface area contributed by atoms with Gasteiger partial charge in [-0.3, -0.25) is 23.7 Å². The van der Waals surface area contributed by atoms with Gasteiger partial charge in [0, 0.05) is 17.9 Å². The number of aryl methyl sites for hydroxylation is 2. The van der Waals surface area contributed by atoms with Crippen molar-refractivity contribution in [3.05, 3.63) is 125 Å². The molecule has 2 N–H and O–H groups in total. The van der Waals surface area contributed by atoms with Gasteiger partial charge in [-0.1, -0.05) is 78.0 Å². The van der Waals surface area contributed by atoms with Gasteiger partial charge in [0.25, 0.3) is 21.8 Å². The molecule has 54 heavy (non-hydrogen) atoms. The summed E-state index contributed by atoms with van der Waals surface area (Å²) in [5.74, 6) is -1.44. The number of thioether (sulfide) groups is 1. The number of imidazole rings is 1. The van der Waals surface area contributed by atoms with Crippen molar-refractivity contribution in [2.75, 3.05) is 27.2 Å². The van der Waals surface area contributed by atoms with Crippen LogP contribution >= 0.6 is 23.4 Å². The fourth-order valence-corrected chi connectivity index (χ4v) is 8.06. The van der Waals surface area contributed by atoms with E-state index >= 15 is 0 Å². The summed E-state index contributed by atoms with van der Waals surface area (Å²) in [6, 6.07) is 23.8. The second-order valence-electron chi connectivity index (χ2n) is 12.4. The van der Waals surface area contributed by atoms with Crippen LogP contribution in [-0.4, -0.2) is 58.0 Å². The molecule has 274 valence electrons. The molecule has 7 rings (SSSR count). The summed E-state index contributed by atoms with van der Waals surface area (Å²) in [6.45, 7) is 3.88. The number of benzene rings is 4. The van der Waals surface area contributed by atoms with Crippen molar-refractivity contribution in [1.29, 1.82) is 0 Å². The Balaban J connectivity index is 1.20. The number of nitrogens with one attached hydrogen (secondary N) is 2. The molecule has 2 amide bonds. The SMILES string of the molecule is Cc1ccc(S(=O)(=O)Nc2ccccc2Cl)cc1NC(=O)C(C(=O)N1CCc2ccccc21)n1cnc2c(SCC(=O)Oc3ccccc3C)ncnc21. The second kappa shape index (κ2) is 15.3. The number of amides is 2. The molecule has 0 fully saturated rings. The lowest BCUT2D eigenvalue weighted by molar-refractivity contribution is -0.132. The van der Waals surface area contributed by atoms with E-state index in [0.29, 0.717) is 35.0 Å². The molecule has 1 aliphatic rings. The van der Waals surface area contributed by atoms with Crippen LogP contribution in [0.4, 0.5) is 17.1 Å². The number of esters is 1. The molecule has 1 atom stereocenters. The van der Waals surface area contributed by atoms with E-state index < -0.39 is 33.8 Å². The number of aromatic nitrogens is 4. The first-order valence-corrected chi connectivity index (χ1v) is 19.5. The first-order chi connectivity index (χ1) is 26.0. The molecule has 1 unspecified atom stereocenters. The first kappa shape index (κ1) is 36.6. The lowest BCUT2D eigenvalue weighted by Crippen LogP contribution is -2.42. The Hall–Kier alpha value is -5.77. The highest BCUT2D eigenvalue weighted by atomic mass is 35.5. The van der Waals surface area contributed by atoms with E-state index in [0.717, 1.165) is 22.9 Å². The molecule has 6 aromatic rings. The van der Waals surface area contributed by atoms with Gasteiger partial charge in [-0.15, -0.1) is 0 Å². The molecule has 16 heteroatoms. The number of hydrogen-bond acceptors (Lipinski definition) is 10. The Labute approximate surface area is 319 Å². The fraction of sp³-hybridized carbons (Fsp3) is 0.158. The minimum Gasteiger partial charge on any atom is -0.426 e. The molecular formula is C38H32ClN7O6S2. The predicted octanol–water partition coefficient (Wildman–Crippen LogP) is 6.36. The topological polar surface area (TPSA) is 165 Å². The maximum absolute atomic E-state index is 14.5. The van der Waals surface area contributed by atoms with Crippen molar-refractivity contribution in [2.45, 2.75) is 36.2 Å². The zero-order valence-electron chi connectivity index (χ0n) is 28.9. The molecule has 13 nitrogen and oxygen atoms in total. The molecule has 0 spiro atoms. The van der Waals surface area contributed by atoms with E-state index in [1.165, 1.54) is 35.4 Å². The van der Waals surface area contributed by atoms with Crippen molar-refractivity contribution >= 4 is 79.4 Å². The minimum atomic E-state index is -4.13. The fourth-order valence-electron chi connectivity index (χ4n) is 6.00. The van der Waals surface area contributed by atoms with Crippen LogP contribution in [0.5, 0.6) is 5.75 Å². The van der Waals surface area contributed by atoms with Gasteiger partial charge in [-0.25, -0.2) is 23.4 Å². The Bertz CT molecular complexity index is 2550. The summed E-state index contributed by atoms with van der Waals surface area (Å²) < 4.78 is 36.2. The van der Waals surface area contributed by atoms with Gasteiger partial charge in [-0.2, -0.15) is 0 Å². The lowest BCUT2D eigenvalue weighted by atomic mass is 10.1. The Morgan fingerprint density at radius 2 is 1.67 bits per heavy atom. The predicted molar refractivity (Wildman–Crippen MR) is 206 cm³/mol. The number of nitrogens with zero attached hydrogens (tertiary/aromatic N) is 5. The Morgan fingerprint density at radius 1 is 0.907 bits per heavy atom. The van der Waals surface area contributed by atoms with Crippen LogP contribution in [0, 0.1) is 13.8 Å². The Morgan fingerprint density at radius 3 is 2.48 bits per heavy atom. The van der Waals surface area contributed by atoms with Crippen LogP contribution in [0.1, 0.15) is 22.7 Å². The number of carbonyl (C=O) groups is 3. The normalized spacial score (nSPS) is 13.0. The molecule has 0 saturated carbocycles. The van der Waals surface area contributed by atoms with Gasteiger partial charge in [0.05, 0.1) is 27.7 Å². The molecule has 0 saturated heterocycles. The molecule has 0 aliphatic carbocycles. The van der Waals surface area contributed by atoms with E-state index in [9.17, 15) is 22.8 Å². The number of carbonyl (C=O) groups excluding carboxylic acids is 3. The van der Waals surface area contributed by atoms with E-state index in [4.69, 9.17) is 16.3 Å². The van der Waals surface area contributed by atoms with Crippen LogP contribution in [0.25, 0.3) is 11.2 Å². The number of rotatable bonds is 11. The van der Waals surface area contributed by atoms with E-state index in [2.05, 4.69) is 25.0 Å². The third-order valence-electron chi connectivity index (χ3n) is 8.78. The molecular weight excluding hydrogens is 750 g/mol. The van der Waals surface area contributed by atoms with Crippen molar-refractivity contribution in [2.24, 2.45) is 0 Å². The van der Waals surface area contributed by atoms with Crippen LogP contribution in [0.15, 0.2) is 114 Å². The van der Waals surface area contributed by atoms with Crippen LogP contribution in [0.3, 0.4) is 0 Å². The van der Waals surface area contributed by atoms with Gasteiger partial charge in [0.2, 0.25) is 0 Å². The average molecular weight is 782 g/mol. The quantitative estimate of drug-likeness (QED) is 0.0497. The zero-order chi connectivity index (χ0) is 38.0. The largest absolute Gasteiger partial charge is 0.426 e. The number of fused-ring (bicyclic) bond motifs is 2. The van der Waals surface area contributed by atoms with Crippen LogP contribution in [0.2, 0.25) is 5.02 Å². The third-order valence-corrected chi connectivity index (χ3v) is 11.4. The highest BCUT2D eigenvalue weighted by Gasteiger charge is 2.37. The molecule has 0 radical (unpaired) electrons. The number of anilines is 3. The van der Waals surface area contributed by atoms with Gasteiger partial charge in [0.1, 0.15) is 22.6 Å². The molecule has 4 aromatic carbocycles. The van der Waals surface area contributed by atoms with Crippen LogP contribution in [-0.2, 0) is 30.8 Å². The minimum absolute atomic E-state index is 0.0927. The van der Waals surface area contributed by atoms with E-state index in [1.54, 1.807) is 48.2 Å². The highest BCUT2D eigenvalue weighted by Crippen LogP contribution is 2.33. The second-order valence-corrected chi connectivity index (χ2v) is 15.4. The summed E-state index contributed by atoms with van der Waals surface area (Å²) in [4.78, 5) is 56.3. The van der Waals surface area contributed by atoms with E-state index in [-0.39, 0.29) is 38.2 Å². The van der Waals surface area contributed by atoms with Gasteiger partial charge in [-0.05, 0) is 73.4 Å². The summed E-state index contributed by atoms with van der Waals surface area (Å²) in [5, 5.41) is 3.36. The first-order valence-electron chi connectivity index (χ1n) is 16.6. The Kier molecular flexibility index (Phi) is 10.4. The maximum atomic E-state index is 14.5. The monoisotopic (exact) mass is 781 g/mol. The number of hydrogen-bond donors (Lipinski definition) is 2. The summed E-state index contributed by atoms with van der Waals surface area (Å²) in [5.41, 5.74) is 3.81. The smallest absolute Gasteiger partial charge is 0.321 e. The van der Waals surface area contributed by atoms with E-state index in [1.807, 2.05) is 43.3 Å². The summed E-state index contributed by atoms with van der Waals surface area (Å²) in [6.07, 6.45) is 3.20. The molecule has 0 bridgehead atoms. The van der Waals surface area contributed by atoms with Gasteiger partial charge in [0.15, 0.2) is 11.7 Å². The summed E-state index contributed by atoms with van der Waals surface area (Å²) in [7, 11) is -4.13. The molecule has 3 heterocycles. The van der Waals surface area contributed by atoms with Gasteiger partial charge >= 0.3 is 5.97 Å². The van der Waals surface area contributed by atoms with Crippen molar-refractivity contribution < 1.29 is 27.5 Å². The zero-order valence-corrected chi connectivity index (χ0v) is 31.3. The van der Waals surface area contributed by atoms with Crippen molar-refractivity contribution in [1.82, 2.24) is 19.5 Å². The third kappa shape index (κ3) is 7.51.